The van der Waals surface area contributed by atoms with Crippen molar-refractivity contribution in [1.82, 2.24) is 5.01 Å². The molecule has 1 aliphatic heterocycles. The molecule has 0 bridgehead atoms. The second-order valence-electron chi connectivity index (χ2n) is 9.23. The largest absolute Gasteiger partial charge is 0.462 e. The molecule has 5 heteroatoms. The van der Waals surface area contributed by atoms with E-state index in [0.29, 0.717) is 29.6 Å². The fraction of sp³-hybridized carbons (Fsp3) is 0.300. The van der Waals surface area contributed by atoms with E-state index in [9.17, 15) is 10.1 Å². The van der Waals surface area contributed by atoms with Gasteiger partial charge in [-0.2, -0.15) is 10.4 Å². The van der Waals surface area contributed by atoms with Gasteiger partial charge in [-0.1, -0.05) is 67.1 Å². The highest BCUT2D eigenvalue weighted by Gasteiger charge is 2.52. The van der Waals surface area contributed by atoms with Crippen molar-refractivity contribution in [3.05, 3.63) is 107 Å². The number of carbonyl (C=O) groups is 1. The van der Waals surface area contributed by atoms with E-state index in [4.69, 9.17) is 9.84 Å². The summed E-state index contributed by atoms with van der Waals surface area (Å²) in [6, 6.07) is 28.3. The number of carbonyl (C=O) groups excluding carboxylic acids is 1. The van der Waals surface area contributed by atoms with Crippen LogP contribution in [0.25, 0.3) is 0 Å². The van der Waals surface area contributed by atoms with Gasteiger partial charge in [0.15, 0.2) is 0 Å². The van der Waals surface area contributed by atoms with Crippen LogP contribution in [-0.2, 0) is 4.74 Å². The lowest BCUT2D eigenvalue weighted by atomic mass is 9.84. The topological polar surface area (TPSA) is 65.7 Å². The van der Waals surface area contributed by atoms with E-state index in [-0.39, 0.29) is 18.1 Å². The summed E-state index contributed by atoms with van der Waals surface area (Å²) >= 11 is 0. The zero-order chi connectivity index (χ0) is 24.2. The van der Waals surface area contributed by atoms with Crippen LogP contribution in [0.2, 0.25) is 0 Å². The molecule has 1 saturated carbocycles. The first kappa shape index (κ1) is 22.9. The molecule has 2 aliphatic rings. The van der Waals surface area contributed by atoms with Crippen molar-refractivity contribution in [3.8, 4) is 6.07 Å². The Balaban J connectivity index is 1.58. The Morgan fingerprint density at radius 2 is 1.69 bits per heavy atom. The molecule has 176 valence electrons. The highest BCUT2D eigenvalue weighted by Crippen LogP contribution is 2.58. The number of hydrogen-bond acceptors (Lipinski definition) is 5. The Hall–Kier alpha value is -3.91. The number of nitrogens with zero attached hydrogens (tertiary/aromatic N) is 3. The third-order valence-corrected chi connectivity index (χ3v) is 7.31. The minimum atomic E-state index is -0.302. The van der Waals surface area contributed by atoms with Crippen LogP contribution in [0.4, 0.5) is 0 Å². The van der Waals surface area contributed by atoms with Crippen molar-refractivity contribution in [1.29, 1.82) is 5.26 Å². The number of ether oxygens (including phenoxy) is 1. The average molecular weight is 464 g/mol. The Bertz CT molecular complexity index is 1250. The van der Waals surface area contributed by atoms with E-state index in [1.165, 1.54) is 6.42 Å². The van der Waals surface area contributed by atoms with Crippen LogP contribution in [0, 0.1) is 23.2 Å². The lowest BCUT2D eigenvalue weighted by Gasteiger charge is -2.31. The van der Waals surface area contributed by atoms with Gasteiger partial charge in [0.25, 0.3) is 0 Å². The van der Waals surface area contributed by atoms with Gasteiger partial charge in [-0.05, 0) is 66.5 Å². The maximum Gasteiger partial charge on any atom is 0.338 e. The number of hydrazone groups is 1. The fourth-order valence-corrected chi connectivity index (χ4v) is 5.84. The van der Waals surface area contributed by atoms with Gasteiger partial charge in [0.05, 0.1) is 42.1 Å². The van der Waals surface area contributed by atoms with Crippen molar-refractivity contribution >= 4 is 12.2 Å². The van der Waals surface area contributed by atoms with Crippen molar-refractivity contribution in [3.63, 3.8) is 0 Å². The fourth-order valence-electron chi connectivity index (χ4n) is 5.84. The molecule has 1 saturated heterocycles. The quantitative estimate of drug-likeness (QED) is 0.319. The number of esters is 1. The highest BCUT2D eigenvalue weighted by atomic mass is 16.5. The molecule has 35 heavy (non-hydrogen) atoms. The summed E-state index contributed by atoms with van der Waals surface area (Å²) in [6.07, 6.45) is 5.33. The number of fused-ring (bicyclic) bond motifs is 1. The van der Waals surface area contributed by atoms with Crippen molar-refractivity contribution in [2.24, 2.45) is 16.9 Å². The molecule has 0 amide bonds. The first-order valence-electron chi connectivity index (χ1n) is 12.3. The molecule has 0 spiro atoms. The predicted octanol–water partition coefficient (Wildman–Crippen LogP) is 6.28. The van der Waals surface area contributed by atoms with Gasteiger partial charge >= 0.3 is 5.97 Å². The van der Waals surface area contributed by atoms with Crippen molar-refractivity contribution < 1.29 is 9.53 Å². The lowest BCUT2D eigenvalue weighted by molar-refractivity contribution is 0.0526. The molecule has 2 fully saturated rings. The standard InChI is InChI=1S/C30H29N3O2/c1-2-35-30(34)23-17-15-22(16-18-23)28-26-13-8-14-27(26)29(25-12-7-6-11-24(25)19-31)33(28)32-20-21-9-4-3-5-10-21/h3-7,9-12,15-18,20,26-29H,2,8,13-14H2,1H3/b32-20+/t26-,27+,28+,29-/m1/s1. The number of rotatable bonds is 6. The normalized spacial score (nSPS) is 23.3. The number of hydrogen-bond donors (Lipinski definition) is 0. The van der Waals surface area contributed by atoms with E-state index < -0.39 is 0 Å². The van der Waals surface area contributed by atoms with Gasteiger partial charge in [0.2, 0.25) is 0 Å². The van der Waals surface area contributed by atoms with E-state index in [0.717, 1.165) is 29.5 Å². The Kier molecular flexibility index (Phi) is 6.63. The zero-order valence-corrected chi connectivity index (χ0v) is 19.9. The Morgan fingerprint density at radius 1 is 1.00 bits per heavy atom. The molecule has 3 aromatic rings. The molecule has 4 atom stereocenters. The van der Waals surface area contributed by atoms with Gasteiger partial charge in [-0.25, -0.2) is 4.79 Å². The molecule has 5 rings (SSSR count). The van der Waals surface area contributed by atoms with Gasteiger partial charge < -0.3 is 4.74 Å². The molecular formula is C30H29N3O2. The summed E-state index contributed by atoms with van der Waals surface area (Å²) in [5.41, 5.74) is 4.48. The second-order valence-corrected chi connectivity index (χ2v) is 9.23. The van der Waals surface area contributed by atoms with Gasteiger partial charge in [0.1, 0.15) is 0 Å². The van der Waals surface area contributed by atoms with Crippen LogP contribution in [0.1, 0.15) is 70.9 Å². The van der Waals surface area contributed by atoms with Gasteiger partial charge in [-0.15, -0.1) is 0 Å². The molecule has 0 radical (unpaired) electrons. The summed E-state index contributed by atoms with van der Waals surface area (Å²) in [6.45, 7) is 2.17. The summed E-state index contributed by atoms with van der Waals surface area (Å²) < 4.78 is 5.17. The summed E-state index contributed by atoms with van der Waals surface area (Å²) in [5, 5.41) is 17.2. The predicted molar refractivity (Wildman–Crippen MR) is 136 cm³/mol. The van der Waals surface area contributed by atoms with Gasteiger partial charge in [0, 0.05) is 0 Å². The second kappa shape index (κ2) is 10.1. The van der Waals surface area contributed by atoms with Crippen LogP contribution < -0.4 is 0 Å². The lowest BCUT2D eigenvalue weighted by Crippen LogP contribution is -2.25. The third-order valence-electron chi connectivity index (χ3n) is 7.31. The van der Waals surface area contributed by atoms with Gasteiger partial charge in [-0.3, -0.25) is 5.01 Å². The minimum absolute atomic E-state index is 0.0213. The monoisotopic (exact) mass is 463 g/mol. The van der Waals surface area contributed by atoms with Crippen LogP contribution in [-0.4, -0.2) is 23.8 Å². The van der Waals surface area contributed by atoms with E-state index >= 15 is 0 Å². The maximum absolute atomic E-state index is 12.2. The van der Waals surface area contributed by atoms with Crippen LogP contribution in [0.5, 0.6) is 0 Å². The molecule has 3 aromatic carbocycles. The highest BCUT2D eigenvalue weighted by molar-refractivity contribution is 5.89. The van der Waals surface area contributed by atoms with E-state index in [1.807, 2.05) is 85.9 Å². The summed E-state index contributed by atoms with van der Waals surface area (Å²) in [4.78, 5) is 12.2. The molecule has 5 nitrogen and oxygen atoms in total. The third kappa shape index (κ3) is 4.44. The Morgan fingerprint density at radius 3 is 2.40 bits per heavy atom. The van der Waals surface area contributed by atoms with E-state index in [2.05, 4.69) is 17.1 Å². The SMILES string of the molecule is CCOC(=O)c1ccc([C@H]2[C@@H]3CCC[C@@H]3[C@@H](c3ccccc3C#N)N2/N=C/c2ccccc2)cc1. The molecule has 1 heterocycles. The van der Waals surface area contributed by atoms with Crippen molar-refractivity contribution in [2.75, 3.05) is 6.61 Å². The first-order valence-corrected chi connectivity index (χ1v) is 12.3. The average Bonchev–Trinajstić information content (AvgIpc) is 3.48. The molecule has 0 unspecified atom stereocenters. The summed E-state index contributed by atoms with van der Waals surface area (Å²) in [7, 11) is 0. The minimum Gasteiger partial charge on any atom is -0.462 e. The van der Waals surface area contributed by atoms with Crippen LogP contribution >= 0.6 is 0 Å². The Labute approximate surface area is 206 Å². The first-order chi connectivity index (χ1) is 17.2. The molecule has 0 N–H and O–H groups in total. The molecule has 0 aromatic heterocycles. The van der Waals surface area contributed by atoms with Crippen molar-refractivity contribution in [2.45, 2.75) is 38.3 Å². The summed E-state index contributed by atoms with van der Waals surface area (Å²) in [5.74, 6) is 0.532. The zero-order valence-electron chi connectivity index (χ0n) is 19.9. The smallest absolute Gasteiger partial charge is 0.338 e. The number of benzene rings is 3. The molecular weight excluding hydrogens is 434 g/mol. The van der Waals surface area contributed by atoms with Crippen LogP contribution in [0.15, 0.2) is 84.0 Å². The maximum atomic E-state index is 12.2. The molecule has 1 aliphatic carbocycles. The van der Waals surface area contributed by atoms with E-state index in [1.54, 1.807) is 0 Å². The van der Waals surface area contributed by atoms with Crippen LogP contribution in [0.3, 0.4) is 0 Å². The number of nitriles is 1.